The lowest BCUT2D eigenvalue weighted by Gasteiger charge is -2.22. The van der Waals surface area contributed by atoms with Gasteiger partial charge >= 0.3 is 0 Å². The third-order valence-electron chi connectivity index (χ3n) is 2.28. The van der Waals surface area contributed by atoms with Crippen LogP contribution < -0.4 is 0 Å². The monoisotopic (exact) mass is 195 g/mol. The highest BCUT2D eigenvalue weighted by Crippen LogP contribution is 2.13. The van der Waals surface area contributed by atoms with Crippen LogP contribution in [0.2, 0.25) is 0 Å². The smallest absolute Gasteiger partial charge is 0.246 e. The van der Waals surface area contributed by atoms with Crippen molar-refractivity contribution in [3.63, 3.8) is 0 Å². The Bertz CT molecular complexity index is 219. The first kappa shape index (κ1) is 11.0. The van der Waals surface area contributed by atoms with Crippen LogP contribution in [-0.4, -0.2) is 36.6 Å². The molecule has 0 radical (unpaired) electrons. The molecule has 1 unspecified atom stereocenters. The number of carbonyl (C=O) groups excluding carboxylic acids is 1. The molecule has 0 spiro atoms. The minimum atomic E-state index is -0.0552. The molecule has 1 aliphatic heterocycles. The van der Waals surface area contributed by atoms with Gasteiger partial charge in [-0.25, -0.2) is 0 Å². The van der Waals surface area contributed by atoms with Crippen molar-refractivity contribution in [3.05, 3.63) is 25.3 Å². The van der Waals surface area contributed by atoms with E-state index in [1.165, 1.54) is 6.08 Å². The van der Waals surface area contributed by atoms with E-state index in [9.17, 15) is 4.79 Å². The van der Waals surface area contributed by atoms with Gasteiger partial charge in [-0.15, -0.1) is 6.58 Å². The Labute approximate surface area is 85.0 Å². The van der Waals surface area contributed by atoms with E-state index < -0.39 is 0 Å². The van der Waals surface area contributed by atoms with Crippen LogP contribution in [0.1, 0.15) is 12.8 Å². The van der Waals surface area contributed by atoms with Gasteiger partial charge < -0.3 is 9.64 Å². The van der Waals surface area contributed by atoms with Crippen molar-refractivity contribution in [2.45, 2.75) is 18.9 Å². The molecule has 0 bridgehead atoms. The maximum atomic E-state index is 11.4. The molecule has 1 heterocycles. The van der Waals surface area contributed by atoms with Gasteiger partial charge in [-0.1, -0.05) is 12.7 Å². The average molecular weight is 195 g/mol. The highest BCUT2D eigenvalue weighted by atomic mass is 16.5. The zero-order chi connectivity index (χ0) is 10.4. The van der Waals surface area contributed by atoms with Gasteiger partial charge in [0.15, 0.2) is 0 Å². The molecule has 1 rings (SSSR count). The Morgan fingerprint density at radius 3 is 2.86 bits per heavy atom. The Morgan fingerprint density at radius 1 is 1.57 bits per heavy atom. The van der Waals surface area contributed by atoms with E-state index in [2.05, 4.69) is 13.2 Å². The predicted molar refractivity (Wildman–Crippen MR) is 55.9 cm³/mol. The van der Waals surface area contributed by atoms with Gasteiger partial charge in [0, 0.05) is 19.7 Å². The molecule has 78 valence electrons. The summed E-state index contributed by atoms with van der Waals surface area (Å²) in [6.07, 6.45) is 5.38. The lowest BCUT2D eigenvalue weighted by Crippen LogP contribution is -2.36. The van der Waals surface area contributed by atoms with Crippen LogP contribution in [0.5, 0.6) is 0 Å². The number of rotatable bonds is 5. The van der Waals surface area contributed by atoms with Crippen molar-refractivity contribution in [2.75, 3.05) is 19.7 Å². The summed E-state index contributed by atoms with van der Waals surface area (Å²) in [6.45, 7) is 9.12. The quantitative estimate of drug-likeness (QED) is 0.490. The van der Waals surface area contributed by atoms with Gasteiger partial charge in [0.05, 0.1) is 6.10 Å². The zero-order valence-corrected chi connectivity index (χ0v) is 8.45. The largest absolute Gasteiger partial charge is 0.376 e. The molecule has 0 aromatic heterocycles. The normalized spacial score (nSPS) is 20.4. The predicted octanol–water partition coefficient (Wildman–Crippen LogP) is 1.37. The number of ether oxygens (including phenoxy) is 1. The molecule has 0 saturated carbocycles. The summed E-state index contributed by atoms with van der Waals surface area (Å²) in [7, 11) is 0. The Balaban J connectivity index is 2.44. The molecular weight excluding hydrogens is 178 g/mol. The number of hydrogen-bond donors (Lipinski definition) is 0. The maximum absolute atomic E-state index is 11.4. The van der Waals surface area contributed by atoms with Gasteiger partial charge in [0.25, 0.3) is 0 Å². The van der Waals surface area contributed by atoms with Crippen molar-refractivity contribution >= 4 is 5.91 Å². The Morgan fingerprint density at radius 2 is 2.36 bits per heavy atom. The SMILES string of the molecule is C=CCN(CC1CCCO1)C(=O)C=C. The molecule has 1 fully saturated rings. The molecule has 0 aromatic carbocycles. The summed E-state index contributed by atoms with van der Waals surface area (Å²) in [5.74, 6) is -0.0552. The third-order valence-corrected chi connectivity index (χ3v) is 2.28. The molecule has 1 amide bonds. The molecule has 0 N–H and O–H groups in total. The minimum absolute atomic E-state index is 0.0552. The van der Waals surface area contributed by atoms with E-state index in [-0.39, 0.29) is 12.0 Å². The van der Waals surface area contributed by atoms with Gasteiger partial charge in [-0.2, -0.15) is 0 Å². The van der Waals surface area contributed by atoms with Crippen molar-refractivity contribution < 1.29 is 9.53 Å². The molecule has 3 heteroatoms. The highest BCUT2D eigenvalue weighted by molar-refractivity contribution is 5.87. The van der Waals surface area contributed by atoms with E-state index in [0.717, 1.165) is 19.4 Å². The van der Waals surface area contributed by atoms with Crippen LogP contribution >= 0.6 is 0 Å². The van der Waals surface area contributed by atoms with Crippen molar-refractivity contribution in [1.29, 1.82) is 0 Å². The third kappa shape index (κ3) is 3.00. The van der Waals surface area contributed by atoms with Crippen molar-refractivity contribution in [3.8, 4) is 0 Å². The molecule has 1 atom stereocenters. The minimum Gasteiger partial charge on any atom is -0.376 e. The fraction of sp³-hybridized carbons (Fsp3) is 0.545. The average Bonchev–Trinajstić information content (AvgIpc) is 2.68. The number of hydrogen-bond acceptors (Lipinski definition) is 2. The number of carbonyl (C=O) groups is 1. The Hall–Kier alpha value is -1.09. The van der Waals surface area contributed by atoms with Gasteiger partial charge in [-0.3, -0.25) is 4.79 Å². The summed E-state index contributed by atoms with van der Waals surface area (Å²) < 4.78 is 5.46. The van der Waals surface area contributed by atoms with E-state index in [4.69, 9.17) is 4.74 Å². The summed E-state index contributed by atoms with van der Waals surface area (Å²) >= 11 is 0. The molecule has 3 nitrogen and oxygen atoms in total. The summed E-state index contributed by atoms with van der Waals surface area (Å²) in [5, 5.41) is 0. The summed E-state index contributed by atoms with van der Waals surface area (Å²) in [4.78, 5) is 13.1. The van der Waals surface area contributed by atoms with Crippen LogP contribution in [0.3, 0.4) is 0 Å². The van der Waals surface area contributed by atoms with E-state index in [1.807, 2.05) is 0 Å². The van der Waals surface area contributed by atoms with Crippen LogP contribution in [0.15, 0.2) is 25.3 Å². The fourth-order valence-electron chi connectivity index (χ4n) is 1.57. The van der Waals surface area contributed by atoms with E-state index in [0.29, 0.717) is 13.1 Å². The van der Waals surface area contributed by atoms with Crippen molar-refractivity contribution in [2.24, 2.45) is 0 Å². The topological polar surface area (TPSA) is 29.5 Å². The van der Waals surface area contributed by atoms with Crippen LogP contribution in [0.25, 0.3) is 0 Å². The van der Waals surface area contributed by atoms with Gasteiger partial charge in [-0.05, 0) is 18.9 Å². The molecular formula is C11H17NO2. The standard InChI is InChI=1S/C11H17NO2/c1-3-7-12(11(13)4-2)9-10-6-5-8-14-10/h3-4,10H,1-2,5-9H2. The van der Waals surface area contributed by atoms with Crippen LogP contribution in [-0.2, 0) is 9.53 Å². The number of nitrogens with zero attached hydrogens (tertiary/aromatic N) is 1. The second kappa shape index (κ2) is 5.60. The van der Waals surface area contributed by atoms with Crippen LogP contribution in [0.4, 0.5) is 0 Å². The molecule has 1 aliphatic rings. The Kier molecular flexibility index (Phi) is 4.40. The van der Waals surface area contributed by atoms with E-state index >= 15 is 0 Å². The van der Waals surface area contributed by atoms with Gasteiger partial charge in [0.2, 0.25) is 5.91 Å². The summed E-state index contributed by atoms with van der Waals surface area (Å²) in [6, 6.07) is 0. The van der Waals surface area contributed by atoms with Crippen LogP contribution in [0, 0.1) is 0 Å². The molecule has 1 saturated heterocycles. The first-order valence-corrected chi connectivity index (χ1v) is 4.91. The maximum Gasteiger partial charge on any atom is 0.246 e. The van der Waals surface area contributed by atoms with Crippen molar-refractivity contribution in [1.82, 2.24) is 4.90 Å². The second-order valence-corrected chi connectivity index (χ2v) is 3.37. The van der Waals surface area contributed by atoms with E-state index in [1.54, 1.807) is 11.0 Å². The lowest BCUT2D eigenvalue weighted by atomic mass is 10.2. The first-order valence-electron chi connectivity index (χ1n) is 4.91. The highest BCUT2D eigenvalue weighted by Gasteiger charge is 2.20. The molecule has 14 heavy (non-hydrogen) atoms. The molecule has 0 aromatic rings. The second-order valence-electron chi connectivity index (χ2n) is 3.37. The molecule has 0 aliphatic carbocycles. The summed E-state index contributed by atoms with van der Waals surface area (Å²) in [5.41, 5.74) is 0. The lowest BCUT2D eigenvalue weighted by molar-refractivity contribution is -0.126. The fourth-order valence-corrected chi connectivity index (χ4v) is 1.57. The zero-order valence-electron chi connectivity index (χ0n) is 8.45. The number of amides is 1. The first-order chi connectivity index (χ1) is 6.77. The van der Waals surface area contributed by atoms with Gasteiger partial charge in [0.1, 0.15) is 0 Å².